The normalized spacial score (nSPS) is 17.1. The highest BCUT2D eigenvalue weighted by atomic mass is 16.5. The predicted molar refractivity (Wildman–Crippen MR) is 157 cm³/mol. The van der Waals surface area contributed by atoms with Crippen LogP contribution < -0.4 is 16.5 Å². The van der Waals surface area contributed by atoms with Crippen molar-refractivity contribution in [2.75, 3.05) is 51.5 Å². The fraction of sp³-hybridized carbons (Fsp3) is 0.400. The number of fused-ring (bicyclic) bond motifs is 3. The predicted octanol–water partition coefficient (Wildman–Crippen LogP) is 3.99. The summed E-state index contributed by atoms with van der Waals surface area (Å²) >= 11 is 0. The zero-order chi connectivity index (χ0) is 27.2. The Bertz CT molecular complexity index is 1370. The second-order valence-electron chi connectivity index (χ2n) is 10.2. The van der Waals surface area contributed by atoms with Crippen LogP contribution in [0.25, 0.3) is 27.8 Å². The smallest absolute Gasteiger partial charge is 0.145 e. The maximum absolute atomic E-state index is 6.16. The van der Waals surface area contributed by atoms with Gasteiger partial charge >= 0.3 is 0 Å². The molecule has 4 aromatic rings. The number of benzene rings is 1. The van der Waals surface area contributed by atoms with Crippen LogP contribution in [0.3, 0.4) is 0 Å². The molecule has 39 heavy (non-hydrogen) atoms. The first-order chi connectivity index (χ1) is 19.0. The van der Waals surface area contributed by atoms with Gasteiger partial charge < -0.3 is 29.7 Å². The van der Waals surface area contributed by atoms with Gasteiger partial charge in [-0.15, -0.1) is 0 Å². The first kappa shape index (κ1) is 26.9. The molecule has 0 saturated carbocycles. The molecule has 0 radical (unpaired) electrons. The van der Waals surface area contributed by atoms with Crippen LogP contribution in [0.1, 0.15) is 25.3 Å². The largest absolute Gasteiger partial charge is 0.401 e. The number of pyridine rings is 2. The lowest BCUT2D eigenvalue weighted by molar-refractivity contribution is 0.0619. The van der Waals surface area contributed by atoms with E-state index in [1.165, 1.54) is 0 Å². The maximum atomic E-state index is 6.16. The molecule has 2 fully saturated rings. The minimum absolute atomic E-state index is 0.540. The van der Waals surface area contributed by atoms with Crippen molar-refractivity contribution in [3.05, 3.63) is 72.1 Å². The maximum Gasteiger partial charge on any atom is 0.145 e. The van der Waals surface area contributed by atoms with Crippen molar-refractivity contribution in [3.63, 3.8) is 0 Å². The number of nitrogens with two attached hydrogens (primary N) is 2. The SMILES string of the molecule is C/C(N)=C(\c1cnc2c3ccc(N4CCOCC4)nc3n(CC3CCOCC3)c2c1)N(C)N.c1ccccc1. The van der Waals surface area contributed by atoms with Crippen molar-refractivity contribution in [2.45, 2.75) is 26.3 Å². The van der Waals surface area contributed by atoms with Crippen LogP contribution in [-0.2, 0) is 16.0 Å². The van der Waals surface area contributed by atoms with E-state index in [1.807, 2.05) is 49.5 Å². The van der Waals surface area contributed by atoms with Crippen LogP contribution in [0.15, 0.2) is 66.5 Å². The van der Waals surface area contributed by atoms with Crippen molar-refractivity contribution >= 4 is 33.6 Å². The van der Waals surface area contributed by atoms with E-state index < -0.39 is 0 Å². The molecule has 0 atom stereocenters. The summed E-state index contributed by atoms with van der Waals surface area (Å²) in [7, 11) is 1.80. The van der Waals surface area contributed by atoms with Crippen LogP contribution in [0.2, 0.25) is 0 Å². The molecule has 3 aromatic heterocycles. The average Bonchev–Trinajstić information content (AvgIpc) is 3.27. The summed E-state index contributed by atoms with van der Waals surface area (Å²) in [5, 5.41) is 2.62. The first-order valence-electron chi connectivity index (χ1n) is 13.7. The van der Waals surface area contributed by atoms with Crippen LogP contribution in [0.4, 0.5) is 5.82 Å². The number of hydrazine groups is 1. The summed E-state index contributed by atoms with van der Waals surface area (Å²) < 4.78 is 13.5. The quantitative estimate of drug-likeness (QED) is 0.295. The molecule has 9 nitrogen and oxygen atoms in total. The number of ether oxygens (including phenoxy) is 2. The Balaban J connectivity index is 0.000000455. The lowest BCUT2D eigenvalue weighted by Crippen LogP contribution is -2.36. The average molecular weight is 530 g/mol. The fourth-order valence-electron chi connectivity index (χ4n) is 5.37. The zero-order valence-corrected chi connectivity index (χ0v) is 22.9. The molecule has 2 saturated heterocycles. The van der Waals surface area contributed by atoms with E-state index in [-0.39, 0.29) is 0 Å². The first-order valence-corrected chi connectivity index (χ1v) is 13.7. The second kappa shape index (κ2) is 12.5. The van der Waals surface area contributed by atoms with Gasteiger partial charge in [-0.25, -0.2) is 10.8 Å². The minimum Gasteiger partial charge on any atom is -0.401 e. The molecule has 2 aliphatic heterocycles. The third kappa shape index (κ3) is 6.16. The van der Waals surface area contributed by atoms with E-state index in [0.29, 0.717) is 11.6 Å². The highest BCUT2D eigenvalue weighted by Crippen LogP contribution is 2.32. The van der Waals surface area contributed by atoms with Gasteiger partial charge in [-0.3, -0.25) is 4.98 Å². The van der Waals surface area contributed by atoms with E-state index >= 15 is 0 Å². The van der Waals surface area contributed by atoms with Crippen molar-refractivity contribution in [2.24, 2.45) is 17.5 Å². The summed E-state index contributed by atoms with van der Waals surface area (Å²) in [6.07, 6.45) is 3.96. The summed E-state index contributed by atoms with van der Waals surface area (Å²) in [5.41, 5.74) is 11.5. The number of anilines is 1. The lowest BCUT2D eigenvalue weighted by Gasteiger charge is -2.28. The van der Waals surface area contributed by atoms with Crippen molar-refractivity contribution in [1.29, 1.82) is 0 Å². The van der Waals surface area contributed by atoms with Gasteiger partial charge in [-0.2, -0.15) is 0 Å². The van der Waals surface area contributed by atoms with Crippen molar-refractivity contribution in [1.82, 2.24) is 19.5 Å². The van der Waals surface area contributed by atoms with Crippen LogP contribution in [0, 0.1) is 5.92 Å². The summed E-state index contributed by atoms with van der Waals surface area (Å²) in [6.45, 7) is 7.54. The highest BCUT2D eigenvalue weighted by Gasteiger charge is 2.22. The van der Waals surface area contributed by atoms with Gasteiger partial charge in [0.2, 0.25) is 0 Å². The summed E-state index contributed by atoms with van der Waals surface area (Å²) in [5.74, 6) is 7.63. The molecular weight excluding hydrogens is 490 g/mol. The Morgan fingerprint density at radius 2 is 1.64 bits per heavy atom. The van der Waals surface area contributed by atoms with E-state index in [2.05, 4.69) is 27.7 Å². The fourth-order valence-corrected chi connectivity index (χ4v) is 5.37. The molecule has 0 spiro atoms. The molecule has 206 valence electrons. The molecule has 0 unspecified atom stereocenters. The Kier molecular flexibility index (Phi) is 8.61. The minimum atomic E-state index is 0.540. The molecule has 0 aliphatic carbocycles. The molecule has 0 bridgehead atoms. The molecular formula is C30H39N7O2. The van der Waals surface area contributed by atoms with Gasteiger partial charge in [0, 0.05) is 62.7 Å². The molecule has 1 aromatic carbocycles. The Morgan fingerprint density at radius 1 is 1.00 bits per heavy atom. The number of nitrogens with zero attached hydrogens (tertiary/aromatic N) is 5. The lowest BCUT2D eigenvalue weighted by atomic mass is 10.0. The number of hydrogen-bond donors (Lipinski definition) is 2. The van der Waals surface area contributed by atoms with Gasteiger partial charge in [0.1, 0.15) is 11.5 Å². The van der Waals surface area contributed by atoms with E-state index in [4.69, 9.17) is 31.0 Å². The number of rotatable bonds is 5. The summed E-state index contributed by atoms with van der Waals surface area (Å²) in [6, 6.07) is 18.4. The number of allylic oxidation sites excluding steroid dienone is 1. The Labute approximate surface area is 230 Å². The van der Waals surface area contributed by atoms with E-state index in [1.54, 1.807) is 12.1 Å². The van der Waals surface area contributed by atoms with E-state index in [0.717, 1.165) is 98.0 Å². The molecule has 2 aliphatic rings. The molecule has 5 heterocycles. The monoisotopic (exact) mass is 529 g/mol. The third-order valence-corrected chi connectivity index (χ3v) is 7.31. The number of aromatic nitrogens is 3. The second-order valence-corrected chi connectivity index (χ2v) is 10.2. The zero-order valence-electron chi connectivity index (χ0n) is 22.9. The number of morpholine rings is 1. The topological polar surface area (TPSA) is 108 Å². The Hall–Kier alpha value is -3.66. The highest BCUT2D eigenvalue weighted by molar-refractivity contribution is 6.05. The van der Waals surface area contributed by atoms with Gasteiger partial charge in [-0.1, -0.05) is 36.4 Å². The summed E-state index contributed by atoms with van der Waals surface area (Å²) in [4.78, 5) is 12.3. The van der Waals surface area contributed by atoms with Gasteiger partial charge in [-0.05, 0) is 43.9 Å². The van der Waals surface area contributed by atoms with Crippen LogP contribution in [0.5, 0.6) is 0 Å². The third-order valence-electron chi connectivity index (χ3n) is 7.31. The van der Waals surface area contributed by atoms with Crippen LogP contribution >= 0.6 is 0 Å². The van der Waals surface area contributed by atoms with Gasteiger partial charge in [0.05, 0.1) is 29.9 Å². The molecule has 6 rings (SSSR count). The standard InChI is InChI=1S/C24H33N7O2.C6H6/c1-16(25)23(29(2)26)18-13-20-22(27-14-18)19-3-4-21(30-7-11-33-12-8-30)28-24(19)31(20)15-17-5-9-32-10-6-17;1-2-4-6-5-3-1/h3-4,13-14,17H,5-12,15,25-26H2,1-2H3;1-6H/b23-16-;. The molecule has 9 heteroatoms. The van der Waals surface area contributed by atoms with Gasteiger partial charge in [0.15, 0.2) is 0 Å². The van der Waals surface area contributed by atoms with Gasteiger partial charge in [0.25, 0.3) is 0 Å². The van der Waals surface area contributed by atoms with Crippen molar-refractivity contribution in [3.8, 4) is 0 Å². The molecule has 0 amide bonds. The van der Waals surface area contributed by atoms with Crippen LogP contribution in [-0.4, -0.2) is 66.1 Å². The molecule has 4 N–H and O–H groups in total. The Morgan fingerprint density at radius 3 is 2.26 bits per heavy atom. The van der Waals surface area contributed by atoms with Crippen molar-refractivity contribution < 1.29 is 9.47 Å². The van der Waals surface area contributed by atoms with E-state index in [9.17, 15) is 0 Å². The number of hydrogen-bond acceptors (Lipinski definition) is 8.